The molecule has 0 fully saturated rings. The van der Waals surface area contributed by atoms with Crippen molar-refractivity contribution in [3.05, 3.63) is 23.8 Å². The lowest BCUT2D eigenvalue weighted by molar-refractivity contribution is -0.287. The van der Waals surface area contributed by atoms with Gasteiger partial charge in [-0.2, -0.15) is 0 Å². The fourth-order valence-corrected chi connectivity index (χ4v) is 2.40. The van der Waals surface area contributed by atoms with Crippen molar-refractivity contribution < 1.29 is 45.7 Å². The second-order valence-corrected chi connectivity index (χ2v) is 5.66. The number of benzene rings is 1. The number of carbonyl (C=O) groups is 1. The Hall–Kier alpha value is -2.17. The summed E-state index contributed by atoms with van der Waals surface area (Å²) >= 11 is 0. The van der Waals surface area contributed by atoms with Crippen LogP contribution in [0.4, 0.5) is 26.3 Å². The number of aliphatic carboxylic acids is 1. The lowest BCUT2D eigenvalue weighted by Crippen LogP contribution is -2.26. The van der Waals surface area contributed by atoms with E-state index in [1.54, 1.807) is 6.92 Å². The lowest BCUT2D eigenvalue weighted by Gasteiger charge is -2.21. The first-order valence-electron chi connectivity index (χ1n) is 7.38. The minimum absolute atomic E-state index is 0.0294. The minimum atomic E-state index is -5.23. The van der Waals surface area contributed by atoms with E-state index < -0.39 is 42.0 Å². The van der Waals surface area contributed by atoms with Gasteiger partial charge in [0.05, 0.1) is 5.92 Å². The van der Waals surface area contributed by atoms with Crippen LogP contribution in [0.3, 0.4) is 0 Å². The number of hydrogen-bond acceptors (Lipinski definition) is 4. The molecule has 26 heavy (non-hydrogen) atoms. The summed E-state index contributed by atoms with van der Waals surface area (Å²) in [5.74, 6) is -4.82. The molecule has 0 radical (unpaired) electrons. The van der Waals surface area contributed by atoms with Gasteiger partial charge in [0.25, 0.3) is 0 Å². The molecule has 5 nitrogen and oxygen atoms in total. The van der Waals surface area contributed by atoms with E-state index in [0.717, 1.165) is 12.1 Å². The van der Waals surface area contributed by atoms with E-state index in [-0.39, 0.29) is 24.9 Å². The van der Waals surface area contributed by atoms with E-state index in [1.165, 1.54) is 0 Å². The quantitative estimate of drug-likeness (QED) is 0.663. The van der Waals surface area contributed by atoms with Gasteiger partial charge < -0.3 is 20.3 Å². The summed E-state index contributed by atoms with van der Waals surface area (Å²) in [6.07, 6.45) is -10.6. The SMILES string of the molecule is CC(Cc1cccc(OC(F)(F)F)c1OC(F)(F)F)CC(CN)C(=O)O. The zero-order chi connectivity index (χ0) is 20.1. The first-order chi connectivity index (χ1) is 11.8. The highest BCUT2D eigenvalue weighted by Gasteiger charge is 2.37. The van der Waals surface area contributed by atoms with Gasteiger partial charge in [-0.25, -0.2) is 0 Å². The molecule has 0 saturated heterocycles. The van der Waals surface area contributed by atoms with Crippen LogP contribution < -0.4 is 15.2 Å². The fourth-order valence-electron chi connectivity index (χ4n) is 2.40. The molecule has 148 valence electrons. The third kappa shape index (κ3) is 7.38. The van der Waals surface area contributed by atoms with Gasteiger partial charge in [0, 0.05) is 6.54 Å². The van der Waals surface area contributed by atoms with Crippen molar-refractivity contribution in [3.8, 4) is 11.5 Å². The van der Waals surface area contributed by atoms with E-state index in [1.807, 2.05) is 0 Å². The minimum Gasteiger partial charge on any atom is -0.481 e. The molecule has 0 aliphatic rings. The summed E-state index contributed by atoms with van der Waals surface area (Å²) in [5.41, 5.74) is 5.13. The van der Waals surface area contributed by atoms with E-state index in [9.17, 15) is 31.1 Å². The number of rotatable bonds is 8. The molecule has 0 aliphatic heterocycles. The summed E-state index contributed by atoms with van der Waals surface area (Å²) in [4.78, 5) is 11.0. The number of para-hydroxylation sites is 1. The summed E-state index contributed by atoms with van der Waals surface area (Å²) in [6, 6.07) is 2.94. The average Bonchev–Trinajstić information content (AvgIpc) is 2.45. The van der Waals surface area contributed by atoms with Gasteiger partial charge in [-0.15, -0.1) is 26.3 Å². The van der Waals surface area contributed by atoms with Crippen LogP contribution in [-0.2, 0) is 11.2 Å². The van der Waals surface area contributed by atoms with Gasteiger partial charge in [0.2, 0.25) is 0 Å². The molecule has 2 atom stereocenters. The van der Waals surface area contributed by atoms with Crippen LogP contribution in [0.1, 0.15) is 18.9 Å². The fraction of sp³-hybridized carbons (Fsp3) is 0.533. The smallest absolute Gasteiger partial charge is 0.481 e. The van der Waals surface area contributed by atoms with Crippen LogP contribution in [0.2, 0.25) is 0 Å². The largest absolute Gasteiger partial charge is 0.573 e. The summed E-state index contributed by atoms with van der Waals surface area (Å²) < 4.78 is 82.3. The number of nitrogens with two attached hydrogens (primary N) is 1. The molecule has 11 heteroatoms. The zero-order valence-electron chi connectivity index (χ0n) is 13.5. The Bertz CT molecular complexity index is 617. The van der Waals surface area contributed by atoms with Crippen molar-refractivity contribution in [2.24, 2.45) is 17.6 Å². The van der Waals surface area contributed by atoms with E-state index in [4.69, 9.17) is 10.8 Å². The van der Waals surface area contributed by atoms with Gasteiger partial charge in [-0.1, -0.05) is 19.1 Å². The molecule has 2 unspecified atom stereocenters. The zero-order valence-corrected chi connectivity index (χ0v) is 13.5. The Balaban J connectivity index is 3.12. The molecular formula is C15H17F6NO4. The molecule has 0 aromatic heterocycles. The molecule has 0 spiro atoms. The van der Waals surface area contributed by atoms with Gasteiger partial charge in [0.1, 0.15) is 0 Å². The molecule has 0 amide bonds. The maximum atomic E-state index is 12.6. The first-order valence-corrected chi connectivity index (χ1v) is 7.38. The standard InChI is InChI=1S/C15H17F6NO4/c1-8(6-10(7-22)13(23)24)5-9-3-2-4-11(25-14(16,17)18)12(9)26-15(19,20)21/h2-4,8,10H,5-7,22H2,1H3,(H,23,24). The number of halogens is 6. The second-order valence-electron chi connectivity index (χ2n) is 5.66. The number of alkyl halides is 6. The average molecular weight is 389 g/mol. The van der Waals surface area contributed by atoms with Crippen molar-refractivity contribution in [2.45, 2.75) is 32.5 Å². The third-order valence-electron chi connectivity index (χ3n) is 3.39. The maximum absolute atomic E-state index is 12.6. The molecule has 1 aromatic rings. The first kappa shape index (κ1) is 21.9. The predicted molar refractivity (Wildman–Crippen MR) is 77.5 cm³/mol. The summed E-state index contributed by atoms with van der Waals surface area (Å²) in [6.45, 7) is 1.36. The van der Waals surface area contributed by atoms with Crippen LogP contribution in [0.15, 0.2) is 18.2 Å². The molecule has 0 heterocycles. The Morgan fingerprint density at radius 1 is 1.15 bits per heavy atom. The number of carboxylic acid groups (broad SMARTS) is 1. The van der Waals surface area contributed by atoms with Gasteiger partial charge in [-0.05, 0) is 30.4 Å². The Labute approximate surface area is 144 Å². The Morgan fingerprint density at radius 2 is 1.73 bits per heavy atom. The Morgan fingerprint density at radius 3 is 2.19 bits per heavy atom. The molecule has 0 bridgehead atoms. The number of carboxylic acids is 1. The highest BCUT2D eigenvalue weighted by molar-refractivity contribution is 5.70. The van der Waals surface area contributed by atoms with Gasteiger partial charge in [0.15, 0.2) is 11.5 Å². The highest BCUT2D eigenvalue weighted by Crippen LogP contribution is 2.39. The van der Waals surface area contributed by atoms with Crippen LogP contribution in [-0.4, -0.2) is 30.3 Å². The molecule has 3 N–H and O–H groups in total. The highest BCUT2D eigenvalue weighted by atomic mass is 19.4. The van der Waals surface area contributed by atoms with Crippen LogP contribution in [0.25, 0.3) is 0 Å². The monoisotopic (exact) mass is 389 g/mol. The van der Waals surface area contributed by atoms with Crippen molar-refractivity contribution >= 4 is 5.97 Å². The topological polar surface area (TPSA) is 81.8 Å². The van der Waals surface area contributed by atoms with E-state index >= 15 is 0 Å². The van der Waals surface area contributed by atoms with E-state index in [2.05, 4.69) is 9.47 Å². The van der Waals surface area contributed by atoms with Crippen molar-refractivity contribution in [1.82, 2.24) is 0 Å². The van der Waals surface area contributed by atoms with E-state index in [0.29, 0.717) is 6.07 Å². The number of hydrogen-bond donors (Lipinski definition) is 2. The third-order valence-corrected chi connectivity index (χ3v) is 3.39. The van der Waals surface area contributed by atoms with Crippen molar-refractivity contribution in [2.75, 3.05) is 6.54 Å². The Kier molecular flexibility index (Phi) is 7.13. The van der Waals surface area contributed by atoms with Crippen LogP contribution in [0, 0.1) is 11.8 Å². The number of ether oxygens (including phenoxy) is 2. The molecule has 0 aliphatic carbocycles. The molecule has 1 aromatic carbocycles. The van der Waals surface area contributed by atoms with Gasteiger partial charge in [-0.3, -0.25) is 4.79 Å². The summed E-state index contributed by atoms with van der Waals surface area (Å²) in [5, 5.41) is 8.97. The summed E-state index contributed by atoms with van der Waals surface area (Å²) in [7, 11) is 0. The molecule has 1 rings (SSSR count). The lowest BCUT2D eigenvalue weighted by atomic mass is 9.90. The van der Waals surface area contributed by atoms with Crippen molar-refractivity contribution in [3.63, 3.8) is 0 Å². The predicted octanol–water partition coefficient (Wildman–Crippen LogP) is 3.71. The van der Waals surface area contributed by atoms with Crippen LogP contribution in [0.5, 0.6) is 11.5 Å². The molecular weight excluding hydrogens is 372 g/mol. The second kappa shape index (κ2) is 8.47. The maximum Gasteiger partial charge on any atom is 0.573 e. The van der Waals surface area contributed by atoms with Crippen molar-refractivity contribution in [1.29, 1.82) is 0 Å². The molecule has 0 saturated carbocycles. The normalized spacial score (nSPS) is 14.6. The van der Waals surface area contributed by atoms with Gasteiger partial charge >= 0.3 is 18.7 Å². The van der Waals surface area contributed by atoms with Crippen LogP contribution >= 0.6 is 0 Å².